The van der Waals surface area contributed by atoms with Crippen LogP contribution in [0.5, 0.6) is 5.75 Å². The second kappa shape index (κ2) is 5.90. The molecule has 2 nitrogen and oxygen atoms in total. The van der Waals surface area contributed by atoms with E-state index in [9.17, 15) is 0 Å². The second-order valence-electron chi connectivity index (χ2n) is 4.69. The van der Waals surface area contributed by atoms with Gasteiger partial charge in [0.25, 0.3) is 0 Å². The minimum Gasteiger partial charge on any atom is -0.492 e. The van der Waals surface area contributed by atoms with Crippen molar-refractivity contribution in [1.29, 1.82) is 0 Å². The Morgan fingerprint density at radius 1 is 1.12 bits per heavy atom. The van der Waals surface area contributed by atoms with E-state index >= 15 is 0 Å². The van der Waals surface area contributed by atoms with Crippen LogP contribution in [0.2, 0.25) is 0 Å². The average molecular weight is 221 g/mol. The summed E-state index contributed by atoms with van der Waals surface area (Å²) in [5.74, 6) is 1.04. The first-order valence-electron chi connectivity index (χ1n) is 5.94. The maximum atomic E-state index is 5.81. The zero-order valence-corrected chi connectivity index (χ0v) is 11.1. The fraction of sp³-hybridized carbons (Fsp3) is 0.571. The van der Waals surface area contributed by atoms with Crippen molar-refractivity contribution in [1.82, 2.24) is 5.32 Å². The highest BCUT2D eigenvalue weighted by Crippen LogP contribution is 2.24. The van der Waals surface area contributed by atoms with Gasteiger partial charge in [-0.25, -0.2) is 0 Å². The summed E-state index contributed by atoms with van der Waals surface area (Å²) >= 11 is 0. The van der Waals surface area contributed by atoms with Crippen LogP contribution in [-0.4, -0.2) is 19.2 Å². The van der Waals surface area contributed by atoms with Gasteiger partial charge in [0.05, 0.1) is 0 Å². The van der Waals surface area contributed by atoms with E-state index in [0.29, 0.717) is 6.04 Å². The normalized spacial score (nSPS) is 10.9. The quantitative estimate of drug-likeness (QED) is 0.772. The van der Waals surface area contributed by atoms with Crippen molar-refractivity contribution in [3.05, 3.63) is 28.8 Å². The van der Waals surface area contributed by atoms with Gasteiger partial charge in [0, 0.05) is 12.6 Å². The van der Waals surface area contributed by atoms with E-state index in [1.165, 1.54) is 16.7 Å². The molecule has 1 N–H and O–H groups in total. The summed E-state index contributed by atoms with van der Waals surface area (Å²) < 4.78 is 5.81. The van der Waals surface area contributed by atoms with Crippen LogP contribution in [0.4, 0.5) is 0 Å². The Bertz CT molecular complexity index is 322. The van der Waals surface area contributed by atoms with Crippen LogP contribution in [-0.2, 0) is 0 Å². The van der Waals surface area contributed by atoms with Crippen molar-refractivity contribution in [3.63, 3.8) is 0 Å². The zero-order chi connectivity index (χ0) is 12.1. The molecule has 0 heterocycles. The molecular weight excluding hydrogens is 198 g/mol. The summed E-state index contributed by atoms with van der Waals surface area (Å²) in [5.41, 5.74) is 3.74. The number of hydrogen-bond acceptors (Lipinski definition) is 2. The van der Waals surface area contributed by atoms with Crippen molar-refractivity contribution in [3.8, 4) is 5.75 Å². The maximum absolute atomic E-state index is 5.81. The fourth-order valence-electron chi connectivity index (χ4n) is 1.90. The molecule has 0 aliphatic heterocycles. The smallest absolute Gasteiger partial charge is 0.125 e. The van der Waals surface area contributed by atoms with E-state index < -0.39 is 0 Å². The van der Waals surface area contributed by atoms with Crippen LogP contribution in [0, 0.1) is 20.8 Å². The lowest BCUT2D eigenvalue weighted by atomic mass is 10.1. The van der Waals surface area contributed by atoms with E-state index in [4.69, 9.17) is 4.74 Å². The van der Waals surface area contributed by atoms with Gasteiger partial charge in [0.15, 0.2) is 0 Å². The van der Waals surface area contributed by atoms with Gasteiger partial charge in [-0.2, -0.15) is 0 Å². The first-order chi connectivity index (χ1) is 7.50. The molecule has 0 fully saturated rings. The highest BCUT2D eigenvalue weighted by molar-refractivity contribution is 5.42. The van der Waals surface area contributed by atoms with Gasteiger partial charge in [-0.1, -0.05) is 31.5 Å². The lowest BCUT2D eigenvalue weighted by molar-refractivity contribution is 0.305. The molecule has 16 heavy (non-hydrogen) atoms. The number of nitrogens with one attached hydrogen (secondary N) is 1. The molecule has 0 aromatic heterocycles. The molecule has 0 unspecified atom stereocenters. The SMILES string of the molecule is Cc1cc(C)c(OCCNC(C)C)c(C)c1. The van der Waals surface area contributed by atoms with Crippen molar-refractivity contribution in [2.45, 2.75) is 40.7 Å². The molecule has 0 aliphatic rings. The van der Waals surface area contributed by atoms with Gasteiger partial charge < -0.3 is 10.1 Å². The Labute approximate surface area is 99.0 Å². The van der Waals surface area contributed by atoms with E-state index in [2.05, 4.69) is 52.1 Å². The number of aryl methyl sites for hydroxylation is 3. The monoisotopic (exact) mass is 221 g/mol. The van der Waals surface area contributed by atoms with Crippen LogP contribution < -0.4 is 10.1 Å². The first-order valence-corrected chi connectivity index (χ1v) is 5.94. The predicted molar refractivity (Wildman–Crippen MR) is 69.3 cm³/mol. The average Bonchev–Trinajstić information content (AvgIpc) is 2.14. The molecule has 0 spiro atoms. The Kier molecular flexibility index (Phi) is 4.81. The zero-order valence-electron chi connectivity index (χ0n) is 11.1. The third-order valence-electron chi connectivity index (χ3n) is 2.51. The minimum absolute atomic E-state index is 0.517. The van der Waals surface area contributed by atoms with Crippen LogP contribution in [0.1, 0.15) is 30.5 Å². The molecule has 0 atom stereocenters. The number of ether oxygens (including phenoxy) is 1. The lowest BCUT2D eigenvalue weighted by Crippen LogP contribution is -2.27. The lowest BCUT2D eigenvalue weighted by Gasteiger charge is -2.14. The van der Waals surface area contributed by atoms with Crippen molar-refractivity contribution < 1.29 is 4.74 Å². The molecule has 1 aromatic carbocycles. The molecular formula is C14H23NO. The molecule has 1 rings (SSSR count). The minimum atomic E-state index is 0.517. The number of hydrogen-bond donors (Lipinski definition) is 1. The van der Waals surface area contributed by atoms with Crippen molar-refractivity contribution in [2.24, 2.45) is 0 Å². The van der Waals surface area contributed by atoms with Crippen LogP contribution >= 0.6 is 0 Å². The molecule has 90 valence electrons. The predicted octanol–water partition coefficient (Wildman–Crippen LogP) is 2.99. The Morgan fingerprint density at radius 2 is 1.69 bits per heavy atom. The van der Waals surface area contributed by atoms with Gasteiger partial charge >= 0.3 is 0 Å². The Balaban J connectivity index is 2.54. The summed E-state index contributed by atoms with van der Waals surface area (Å²) in [6.45, 7) is 12.2. The van der Waals surface area contributed by atoms with Gasteiger partial charge in [-0.3, -0.25) is 0 Å². The second-order valence-corrected chi connectivity index (χ2v) is 4.69. The van der Waals surface area contributed by atoms with Gasteiger partial charge in [-0.15, -0.1) is 0 Å². The molecule has 0 radical (unpaired) electrons. The van der Waals surface area contributed by atoms with Crippen LogP contribution in [0.3, 0.4) is 0 Å². The van der Waals surface area contributed by atoms with E-state index in [1.807, 2.05) is 0 Å². The Morgan fingerprint density at radius 3 is 2.19 bits per heavy atom. The molecule has 0 saturated heterocycles. The van der Waals surface area contributed by atoms with Gasteiger partial charge in [0.1, 0.15) is 12.4 Å². The van der Waals surface area contributed by atoms with E-state index in [1.54, 1.807) is 0 Å². The summed E-state index contributed by atoms with van der Waals surface area (Å²) in [7, 11) is 0. The maximum Gasteiger partial charge on any atom is 0.125 e. The van der Waals surface area contributed by atoms with Crippen LogP contribution in [0.15, 0.2) is 12.1 Å². The van der Waals surface area contributed by atoms with Gasteiger partial charge in [0.2, 0.25) is 0 Å². The molecule has 0 aliphatic carbocycles. The van der Waals surface area contributed by atoms with Crippen molar-refractivity contribution in [2.75, 3.05) is 13.2 Å². The molecule has 0 bridgehead atoms. The van der Waals surface area contributed by atoms with Crippen LogP contribution in [0.25, 0.3) is 0 Å². The largest absolute Gasteiger partial charge is 0.492 e. The summed E-state index contributed by atoms with van der Waals surface area (Å²) in [4.78, 5) is 0. The third kappa shape index (κ3) is 3.86. The topological polar surface area (TPSA) is 21.3 Å². The summed E-state index contributed by atoms with van der Waals surface area (Å²) in [5, 5.41) is 3.34. The molecule has 0 saturated carbocycles. The van der Waals surface area contributed by atoms with E-state index in [-0.39, 0.29) is 0 Å². The third-order valence-corrected chi connectivity index (χ3v) is 2.51. The summed E-state index contributed by atoms with van der Waals surface area (Å²) in [6.07, 6.45) is 0. The highest BCUT2D eigenvalue weighted by atomic mass is 16.5. The number of benzene rings is 1. The standard InChI is InChI=1S/C14H23NO/c1-10(2)15-6-7-16-14-12(4)8-11(3)9-13(14)5/h8-10,15H,6-7H2,1-5H3. The first kappa shape index (κ1) is 13.0. The van der Waals surface area contributed by atoms with E-state index in [0.717, 1.165) is 18.9 Å². The Hall–Kier alpha value is -1.02. The molecule has 0 amide bonds. The summed E-state index contributed by atoms with van der Waals surface area (Å²) in [6, 6.07) is 4.85. The van der Waals surface area contributed by atoms with Crippen molar-refractivity contribution >= 4 is 0 Å². The molecule has 2 heteroatoms. The fourth-order valence-corrected chi connectivity index (χ4v) is 1.90. The molecule has 1 aromatic rings. The highest BCUT2D eigenvalue weighted by Gasteiger charge is 2.04. The number of rotatable bonds is 5. The van der Waals surface area contributed by atoms with Gasteiger partial charge in [-0.05, 0) is 31.9 Å².